The smallest absolute Gasteiger partial charge is 0.361 e. The largest absolute Gasteiger partial charge is 0.396 e. The molecular formula is C19H17F3N4O2. The average molecular weight is 390 g/mol. The van der Waals surface area contributed by atoms with Crippen molar-refractivity contribution in [2.75, 3.05) is 0 Å². The second-order valence-electron chi connectivity index (χ2n) is 6.79. The zero-order valence-corrected chi connectivity index (χ0v) is 15.7. The van der Waals surface area contributed by atoms with Crippen LogP contribution in [0.4, 0.5) is 13.2 Å². The lowest BCUT2D eigenvalue weighted by Gasteiger charge is -2.07. The van der Waals surface area contributed by atoms with E-state index >= 15 is 0 Å². The topological polar surface area (TPSA) is 80.7 Å². The van der Waals surface area contributed by atoms with Gasteiger partial charge in [0.1, 0.15) is 23.8 Å². The van der Waals surface area contributed by atoms with Gasteiger partial charge in [0.15, 0.2) is 0 Å². The van der Waals surface area contributed by atoms with Crippen LogP contribution in [-0.2, 0) is 6.42 Å². The maximum atomic E-state index is 12.9. The lowest BCUT2D eigenvalue weighted by Crippen LogP contribution is -2.12. The predicted octanol–water partition coefficient (Wildman–Crippen LogP) is 5.21. The van der Waals surface area contributed by atoms with Crippen molar-refractivity contribution in [1.82, 2.24) is 20.3 Å². The van der Waals surface area contributed by atoms with E-state index in [1.165, 1.54) is 0 Å². The van der Waals surface area contributed by atoms with Crippen LogP contribution < -0.4 is 0 Å². The molecule has 1 aromatic carbocycles. The molecule has 9 heteroatoms. The lowest BCUT2D eigenvalue weighted by molar-refractivity contribution is -0.128. The molecule has 0 fully saturated rings. The van der Waals surface area contributed by atoms with Gasteiger partial charge in [0.25, 0.3) is 0 Å². The number of aryl methyl sites for hydroxylation is 4. The fraction of sp³-hybridized carbons (Fsp3) is 0.316. The van der Waals surface area contributed by atoms with Crippen LogP contribution in [0.25, 0.3) is 33.3 Å². The molecular weight excluding hydrogens is 373 g/mol. The Kier molecular flexibility index (Phi) is 4.06. The molecule has 3 aromatic heterocycles. The van der Waals surface area contributed by atoms with Gasteiger partial charge in [-0.15, -0.1) is 0 Å². The molecule has 6 nitrogen and oxygen atoms in total. The minimum absolute atomic E-state index is 0.147. The predicted molar refractivity (Wildman–Crippen MR) is 95.8 cm³/mol. The van der Waals surface area contributed by atoms with Gasteiger partial charge in [-0.05, 0) is 45.4 Å². The number of nitrogens with one attached hydrogen (secondary N) is 1. The van der Waals surface area contributed by atoms with Crippen molar-refractivity contribution in [3.8, 4) is 22.3 Å². The number of halogens is 3. The summed E-state index contributed by atoms with van der Waals surface area (Å²) >= 11 is 0. The van der Waals surface area contributed by atoms with Crippen LogP contribution in [0, 0.1) is 27.7 Å². The summed E-state index contributed by atoms with van der Waals surface area (Å²) in [5.41, 5.74) is 5.17. The van der Waals surface area contributed by atoms with Crippen LogP contribution in [-0.4, -0.2) is 26.5 Å². The van der Waals surface area contributed by atoms with E-state index in [0.717, 1.165) is 11.1 Å². The van der Waals surface area contributed by atoms with Crippen LogP contribution in [0.1, 0.15) is 28.7 Å². The molecule has 0 aliphatic carbocycles. The third-order valence-corrected chi connectivity index (χ3v) is 4.63. The molecule has 0 spiro atoms. The Bertz CT molecular complexity index is 1150. The Morgan fingerprint density at radius 3 is 2.07 bits per heavy atom. The summed E-state index contributed by atoms with van der Waals surface area (Å²) in [7, 11) is 0. The van der Waals surface area contributed by atoms with Crippen LogP contribution in [0.15, 0.2) is 21.2 Å². The molecule has 28 heavy (non-hydrogen) atoms. The molecule has 0 atom stereocenters. The van der Waals surface area contributed by atoms with Gasteiger partial charge >= 0.3 is 6.18 Å². The van der Waals surface area contributed by atoms with Crippen LogP contribution >= 0.6 is 0 Å². The van der Waals surface area contributed by atoms with Gasteiger partial charge in [-0.2, -0.15) is 13.2 Å². The molecule has 0 aliphatic heterocycles. The summed E-state index contributed by atoms with van der Waals surface area (Å²) in [4.78, 5) is 7.02. The fourth-order valence-corrected chi connectivity index (χ4v) is 3.54. The number of aromatic amines is 1. The highest BCUT2D eigenvalue weighted by atomic mass is 19.4. The van der Waals surface area contributed by atoms with E-state index in [1.807, 2.05) is 13.0 Å². The van der Waals surface area contributed by atoms with E-state index in [2.05, 4.69) is 20.3 Å². The summed E-state index contributed by atoms with van der Waals surface area (Å²) in [5.74, 6) is 1.04. The number of alkyl halides is 3. The first-order valence-corrected chi connectivity index (χ1v) is 8.60. The molecule has 4 rings (SSSR count). The molecule has 146 valence electrons. The van der Waals surface area contributed by atoms with Crippen molar-refractivity contribution in [2.45, 2.75) is 40.3 Å². The number of aromatic nitrogens is 4. The molecule has 0 unspecified atom stereocenters. The summed E-state index contributed by atoms with van der Waals surface area (Å²) in [6.45, 7) is 7.14. The molecule has 0 radical (unpaired) electrons. The van der Waals surface area contributed by atoms with E-state index < -0.39 is 12.6 Å². The van der Waals surface area contributed by atoms with Gasteiger partial charge in [-0.25, -0.2) is 4.98 Å². The van der Waals surface area contributed by atoms with E-state index in [0.29, 0.717) is 45.1 Å². The van der Waals surface area contributed by atoms with Crippen LogP contribution in [0.5, 0.6) is 0 Å². The summed E-state index contributed by atoms with van der Waals surface area (Å²) in [6.07, 6.45) is -5.50. The van der Waals surface area contributed by atoms with E-state index in [4.69, 9.17) is 9.05 Å². The highest BCUT2D eigenvalue weighted by Gasteiger charge is 2.30. The number of hydrogen-bond acceptors (Lipinski definition) is 5. The van der Waals surface area contributed by atoms with Crippen molar-refractivity contribution in [3.05, 3.63) is 40.9 Å². The summed E-state index contributed by atoms with van der Waals surface area (Å²) in [6, 6.07) is 3.62. The first-order chi connectivity index (χ1) is 13.1. The molecule has 1 N–H and O–H groups in total. The maximum Gasteiger partial charge on any atom is 0.396 e. The zero-order chi connectivity index (χ0) is 20.2. The molecule has 0 bridgehead atoms. The van der Waals surface area contributed by atoms with Gasteiger partial charge in [0.05, 0.1) is 22.4 Å². The number of fused-ring (bicyclic) bond motifs is 1. The molecule has 0 amide bonds. The SMILES string of the molecule is Cc1noc(C)c1-c1cc(-c2c(C)noc2C)c2nc(CC(F)(F)F)[nH]c2c1. The zero-order valence-electron chi connectivity index (χ0n) is 15.7. The first-order valence-electron chi connectivity index (χ1n) is 8.60. The Hall–Kier alpha value is -3.10. The molecule has 3 heterocycles. The second-order valence-corrected chi connectivity index (χ2v) is 6.79. The van der Waals surface area contributed by atoms with Crippen molar-refractivity contribution in [2.24, 2.45) is 0 Å². The monoisotopic (exact) mass is 390 g/mol. The van der Waals surface area contributed by atoms with Gasteiger partial charge in [-0.3, -0.25) is 0 Å². The molecule has 0 saturated carbocycles. The Morgan fingerprint density at radius 1 is 0.929 bits per heavy atom. The first kappa shape index (κ1) is 18.3. The summed E-state index contributed by atoms with van der Waals surface area (Å²) in [5, 5.41) is 7.94. The number of H-pyrrole nitrogens is 1. The van der Waals surface area contributed by atoms with Crippen LogP contribution in [0.2, 0.25) is 0 Å². The minimum atomic E-state index is -4.36. The number of benzene rings is 1. The number of hydrogen-bond donors (Lipinski definition) is 1. The lowest BCUT2D eigenvalue weighted by atomic mass is 9.96. The van der Waals surface area contributed by atoms with E-state index in [-0.39, 0.29) is 5.82 Å². The molecule has 0 saturated heterocycles. The Labute approximate surface area is 157 Å². The highest BCUT2D eigenvalue weighted by Crippen LogP contribution is 2.38. The average Bonchev–Trinajstić information content (AvgIpc) is 3.23. The molecule has 0 aliphatic rings. The summed E-state index contributed by atoms with van der Waals surface area (Å²) < 4.78 is 49.1. The fourth-order valence-electron chi connectivity index (χ4n) is 3.54. The maximum absolute atomic E-state index is 12.9. The highest BCUT2D eigenvalue weighted by molar-refractivity contribution is 5.97. The number of imidazole rings is 1. The van der Waals surface area contributed by atoms with Crippen molar-refractivity contribution >= 4 is 11.0 Å². The van der Waals surface area contributed by atoms with Crippen molar-refractivity contribution < 1.29 is 22.2 Å². The van der Waals surface area contributed by atoms with Crippen molar-refractivity contribution in [3.63, 3.8) is 0 Å². The van der Waals surface area contributed by atoms with Gasteiger partial charge < -0.3 is 14.0 Å². The van der Waals surface area contributed by atoms with Gasteiger partial charge in [0.2, 0.25) is 0 Å². The van der Waals surface area contributed by atoms with Gasteiger partial charge in [-0.1, -0.05) is 10.3 Å². The quantitative estimate of drug-likeness (QED) is 0.519. The van der Waals surface area contributed by atoms with E-state index in [1.54, 1.807) is 26.8 Å². The standard InChI is InChI=1S/C19H17F3N4O2/c1-8-16(10(3)27-25-8)12-5-13(17-9(2)26-28-11(17)4)18-14(6-12)23-15(24-18)7-19(20,21)22/h5-6H,7H2,1-4H3,(H,23,24). The third kappa shape index (κ3) is 3.06. The Morgan fingerprint density at radius 2 is 1.54 bits per heavy atom. The normalized spacial score (nSPS) is 12.2. The number of rotatable bonds is 3. The van der Waals surface area contributed by atoms with Crippen LogP contribution in [0.3, 0.4) is 0 Å². The minimum Gasteiger partial charge on any atom is -0.361 e. The number of nitrogens with zero attached hydrogens (tertiary/aromatic N) is 3. The van der Waals surface area contributed by atoms with E-state index in [9.17, 15) is 13.2 Å². The Balaban J connectivity index is 2.01. The molecule has 4 aromatic rings. The third-order valence-electron chi connectivity index (χ3n) is 4.63. The van der Waals surface area contributed by atoms with Crippen molar-refractivity contribution in [1.29, 1.82) is 0 Å². The second kappa shape index (κ2) is 6.22. The van der Waals surface area contributed by atoms with Gasteiger partial charge in [0, 0.05) is 16.7 Å².